The number of nitro groups is 1. The average molecular weight is 277 g/mol. The van der Waals surface area contributed by atoms with E-state index in [-0.39, 0.29) is 30.1 Å². The molecule has 1 aromatic rings. The van der Waals surface area contributed by atoms with Gasteiger partial charge in [-0.3, -0.25) is 14.9 Å². The van der Waals surface area contributed by atoms with Gasteiger partial charge in [-0.25, -0.2) is 0 Å². The van der Waals surface area contributed by atoms with Gasteiger partial charge in [-0.05, 0) is 19.3 Å². The van der Waals surface area contributed by atoms with Gasteiger partial charge in [-0.2, -0.15) is 0 Å². The fourth-order valence-corrected chi connectivity index (χ4v) is 2.71. The van der Waals surface area contributed by atoms with Crippen LogP contribution in [0, 0.1) is 16.0 Å². The molecule has 2 unspecified atom stereocenters. The lowest BCUT2D eigenvalue weighted by atomic mass is 10.1. The number of hydrogen-bond donors (Lipinski definition) is 1. The van der Waals surface area contributed by atoms with Crippen molar-refractivity contribution in [2.45, 2.75) is 31.8 Å². The lowest BCUT2D eigenvalue weighted by Crippen LogP contribution is -2.32. The van der Waals surface area contributed by atoms with E-state index in [1.54, 1.807) is 30.1 Å². The molecule has 0 aromatic heterocycles. The lowest BCUT2D eigenvalue weighted by molar-refractivity contribution is -0.385. The number of rotatable bonds is 4. The van der Waals surface area contributed by atoms with Crippen molar-refractivity contribution < 1.29 is 9.72 Å². The molecule has 0 aliphatic heterocycles. The van der Waals surface area contributed by atoms with Gasteiger partial charge < -0.3 is 10.6 Å². The molecule has 0 heterocycles. The monoisotopic (exact) mass is 277 g/mol. The molecule has 2 atom stereocenters. The van der Waals surface area contributed by atoms with Crippen molar-refractivity contribution in [1.82, 2.24) is 4.90 Å². The first-order valence-electron chi connectivity index (χ1n) is 6.72. The van der Waals surface area contributed by atoms with Crippen LogP contribution in [0.3, 0.4) is 0 Å². The van der Waals surface area contributed by atoms with Crippen molar-refractivity contribution >= 4 is 11.6 Å². The molecule has 2 N–H and O–H groups in total. The highest BCUT2D eigenvalue weighted by Crippen LogP contribution is 2.27. The summed E-state index contributed by atoms with van der Waals surface area (Å²) in [7, 11) is 1.68. The third-order valence-corrected chi connectivity index (χ3v) is 3.79. The second kappa shape index (κ2) is 6.00. The zero-order chi connectivity index (χ0) is 14.7. The van der Waals surface area contributed by atoms with Crippen molar-refractivity contribution in [3.8, 4) is 0 Å². The van der Waals surface area contributed by atoms with Crippen LogP contribution in [0.5, 0.6) is 0 Å². The zero-order valence-electron chi connectivity index (χ0n) is 11.5. The molecule has 1 saturated carbocycles. The van der Waals surface area contributed by atoms with Gasteiger partial charge in [0.05, 0.1) is 11.5 Å². The van der Waals surface area contributed by atoms with Crippen molar-refractivity contribution in [2.75, 3.05) is 7.05 Å². The van der Waals surface area contributed by atoms with Crippen LogP contribution in [0.1, 0.15) is 24.8 Å². The van der Waals surface area contributed by atoms with Gasteiger partial charge >= 0.3 is 0 Å². The highest BCUT2D eigenvalue weighted by atomic mass is 16.6. The number of para-hydroxylation sites is 1. The molecule has 0 saturated heterocycles. The van der Waals surface area contributed by atoms with Crippen molar-refractivity contribution in [1.29, 1.82) is 0 Å². The van der Waals surface area contributed by atoms with E-state index in [0.717, 1.165) is 12.8 Å². The summed E-state index contributed by atoms with van der Waals surface area (Å²) in [6.45, 7) is 0.252. The number of nitro benzene ring substituents is 1. The van der Waals surface area contributed by atoms with Crippen LogP contribution in [0.2, 0.25) is 0 Å². The summed E-state index contributed by atoms with van der Waals surface area (Å²) in [4.78, 5) is 24.4. The van der Waals surface area contributed by atoms with Crippen LogP contribution in [-0.4, -0.2) is 28.8 Å². The largest absolute Gasteiger partial charge is 0.341 e. The fourth-order valence-electron chi connectivity index (χ4n) is 2.71. The molecular weight excluding hydrogens is 258 g/mol. The van der Waals surface area contributed by atoms with Gasteiger partial charge in [-0.15, -0.1) is 0 Å². The first-order chi connectivity index (χ1) is 9.49. The number of amides is 1. The van der Waals surface area contributed by atoms with Crippen LogP contribution in [-0.2, 0) is 11.3 Å². The Morgan fingerprint density at radius 3 is 2.75 bits per heavy atom. The van der Waals surface area contributed by atoms with Crippen molar-refractivity contribution in [3.05, 3.63) is 39.9 Å². The Labute approximate surface area is 117 Å². The Bertz CT molecular complexity index is 518. The molecule has 1 aromatic carbocycles. The minimum atomic E-state index is -0.418. The zero-order valence-corrected chi connectivity index (χ0v) is 11.5. The smallest absolute Gasteiger partial charge is 0.274 e. The molecule has 108 valence electrons. The molecule has 1 amide bonds. The molecule has 1 fully saturated rings. The van der Waals surface area contributed by atoms with Crippen LogP contribution < -0.4 is 5.73 Å². The maximum absolute atomic E-state index is 12.3. The topological polar surface area (TPSA) is 89.5 Å². The number of carbonyl (C=O) groups is 1. The van der Waals surface area contributed by atoms with Crippen LogP contribution in [0.15, 0.2) is 24.3 Å². The summed E-state index contributed by atoms with van der Waals surface area (Å²) in [5.74, 6) is -0.0196. The summed E-state index contributed by atoms with van der Waals surface area (Å²) >= 11 is 0. The average Bonchev–Trinajstić information content (AvgIpc) is 2.84. The van der Waals surface area contributed by atoms with Crippen LogP contribution >= 0.6 is 0 Å². The Hall–Kier alpha value is -1.95. The van der Waals surface area contributed by atoms with Gasteiger partial charge in [0.2, 0.25) is 5.91 Å². The molecule has 6 nitrogen and oxygen atoms in total. The Kier molecular flexibility index (Phi) is 4.34. The predicted molar refractivity (Wildman–Crippen MR) is 74.9 cm³/mol. The van der Waals surface area contributed by atoms with E-state index in [1.165, 1.54) is 6.07 Å². The number of benzene rings is 1. The standard InChI is InChI=1S/C14H19N3O3/c1-16(14(18)10-6-7-12(15)8-10)9-11-4-2-3-5-13(11)17(19)20/h2-5,10,12H,6-9,15H2,1H3. The lowest BCUT2D eigenvalue weighted by Gasteiger charge is -2.21. The van der Waals surface area contributed by atoms with Gasteiger partial charge in [0, 0.05) is 30.6 Å². The number of hydrogen-bond acceptors (Lipinski definition) is 4. The molecule has 0 radical (unpaired) electrons. The van der Waals surface area contributed by atoms with E-state index in [1.807, 2.05) is 0 Å². The Balaban J connectivity index is 2.06. The van der Waals surface area contributed by atoms with Gasteiger partial charge in [-0.1, -0.05) is 18.2 Å². The Morgan fingerprint density at radius 2 is 2.15 bits per heavy atom. The normalized spacial score (nSPS) is 21.7. The molecule has 1 aliphatic rings. The van der Waals surface area contributed by atoms with Crippen molar-refractivity contribution in [3.63, 3.8) is 0 Å². The quantitative estimate of drug-likeness (QED) is 0.669. The van der Waals surface area contributed by atoms with E-state index in [9.17, 15) is 14.9 Å². The fraction of sp³-hybridized carbons (Fsp3) is 0.500. The molecule has 0 bridgehead atoms. The highest BCUT2D eigenvalue weighted by molar-refractivity contribution is 5.79. The maximum atomic E-state index is 12.3. The minimum Gasteiger partial charge on any atom is -0.341 e. The van der Waals surface area contributed by atoms with E-state index in [4.69, 9.17) is 5.73 Å². The minimum absolute atomic E-state index is 0.0242. The number of nitrogens with two attached hydrogens (primary N) is 1. The molecule has 0 spiro atoms. The predicted octanol–water partition coefficient (Wildman–Crippen LogP) is 1.68. The summed E-state index contributed by atoms with van der Waals surface area (Å²) in [5, 5.41) is 11.0. The van der Waals surface area contributed by atoms with Gasteiger partial charge in [0.15, 0.2) is 0 Å². The van der Waals surface area contributed by atoms with Crippen LogP contribution in [0.25, 0.3) is 0 Å². The third kappa shape index (κ3) is 3.14. The van der Waals surface area contributed by atoms with E-state index in [0.29, 0.717) is 12.0 Å². The number of nitrogens with zero attached hydrogens (tertiary/aromatic N) is 2. The second-order valence-corrected chi connectivity index (χ2v) is 5.35. The first kappa shape index (κ1) is 14.5. The van der Waals surface area contributed by atoms with E-state index < -0.39 is 4.92 Å². The van der Waals surface area contributed by atoms with Crippen LogP contribution in [0.4, 0.5) is 5.69 Å². The molecule has 1 aliphatic carbocycles. The maximum Gasteiger partial charge on any atom is 0.274 e. The summed E-state index contributed by atoms with van der Waals surface area (Å²) in [6.07, 6.45) is 2.39. The molecule has 6 heteroatoms. The molecular formula is C14H19N3O3. The highest BCUT2D eigenvalue weighted by Gasteiger charge is 2.30. The molecule has 20 heavy (non-hydrogen) atoms. The SMILES string of the molecule is CN(Cc1ccccc1[N+](=O)[O-])C(=O)C1CCC(N)C1. The van der Waals surface area contributed by atoms with Gasteiger partial charge in [0.1, 0.15) is 0 Å². The summed E-state index contributed by atoms with van der Waals surface area (Å²) < 4.78 is 0. The number of carbonyl (C=O) groups excluding carboxylic acids is 1. The van der Waals surface area contributed by atoms with Crippen molar-refractivity contribution in [2.24, 2.45) is 11.7 Å². The second-order valence-electron chi connectivity index (χ2n) is 5.35. The van der Waals surface area contributed by atoms with E-state index in [2.05, 4.69) is 0 Å². The molecule has 2 rings (SSSR count). The summed E-state index contributed by atoms with van der Waals surface area (Å²) in [6, 6.07) is 6.61. The summed E-state index contributed by atoms with van der Waals surface area (Å²) in [5.41, 5.74) is 6.42. The van der Waals surface area contributed by atoms with Gasteiger partial charge in [0.25, 0.3) is 5.69 Å². The Morgan fingerprint density at radius 1 is 1.45 bits per heavy atom. The third-order valence-electron chi connectivity index (χ3n) is 3.79. The van der Waals surface area contributed by atoms with E-state index >= 15 is 0 Å². The first-order valence-corrected chi connectivity index (χ1v) is 6.72.